The van der Waals surface area contributed by atoms with Crippen molar-refractivity contribution in [3.63, 3.8) is 0 Å². The molecule has 0 unspecified atom stereocenters. The van der Waals surface area contributed by atoms with Crippen molar-refractivity contribution >= 4 is 23.2 Å². The molecule has 31 heavy (non-hydrogen) atoms. The summed E-state index contributed by atoms with van der Waals surface area (Å²) >= 11 is 1.60. The number of nitrogens with zero attached hydrogens (tertiary/aromatic N) is 2. The topological polar surface area (TPSA) is 82.5 Å². The summed E-state index contributed by atoms with van der Waals surface area (Å²) in [6, 6.07) is 14.6. The summed E-state index contributed by atoms with van der Waals surface area (Å²) in [7, 11) is 0. The number of carbonyl (C=O) groups excluding carboxylic acids is 2. The fourth-order valence-corrected chi connectivity index (χ4v) is 4.70. The zero-order valence-electron chi connectivity index (χ0n) is 17.5. The second-order valence-corrected chi connectivity index (χ2v) is 8.77. The molecular weight excluding hydrogens is 410 g/mol. The molecule has 0 aliphatic carbocycles. The average molecular weight is 436 g/mol. The molecule has 2 amide bonds. The predicted molar refractivity (Wildman–Crippen MR) is 121 cm³/mol. The maximum absolute atomic E-state index is 12.9. The van der Waals surface area contributed by atoms with Crippen molar-refractivity contribution in [2.45, 2.75) is 39.0 Å². The average Bonchev–Trinajstić information content (AvgIpc) is 3.37. The third-order valence-electron chi connectivity index (χ3n) is 5.54. The highest BCUT2D eigenvalue weighted by molar-refractivity contribution is 7.13. The van der Waals surface area contributed by atoms with E-state index in [1.165, 1.54) is 4.90 Å². The van der Waals surface area contributed by atoms with Gasteiger partial charge in [-0.3, -0.25) is 9.59 Å². The molecule has 0 bridgehead atoms. The molecule has 2 aromatic carbocycles. The van der Waals surface area contributed by atoms with Crippen molar-refractivity contribution in [2.24, 2.45) is 0 Å². The van der Waals surface area contributed by atoms with Crippen molar-refractivity contribution < 1.29 is 14.7 Å². The maximum atomic E-state index is 12.9. The lowest BCUT2D eigenvalue weighted by Crippen LogP contribution is -2.45. The van der Waals surface area contributed by atoms with Crippen LogP contribution < -0.4 is 5.32 Å². The van der Waals surface area contributed by atoms with E-state index in [1.54, 1.807) is 23.5 Å². The van der Waals surface area contributed by atoms with Gasteiger partial charge in [-0.25, -0.2) is 4.98 Å². The van der Waals surface area contributed by atoms with E-state index >= 15 is 0 Å². The molecule has 0 radical (unpaired) electrons. The van der Waals surface area contributed by atoms with Crippen molar-refractivity contribution in [1.82, 2.24) is 15.2 Å². The zero-order chi connectivity index (χ0) is 22.0. The van der Waals surface area contributed by atoms with E-state index in [0.717, 1.165) is 27.3 Å². The molecule has 2 atom stereocenters. The number of aliphatic hydroxyl groups excluding tert-OH is 1. The second-order valence-electron chi connectivity index (χ2n) is 7.91. The molecule has 0 saturated carbocycles. The van der Waals surface area contributed by atoms with Crippen LogP contribution in [0, 0.1) is 13.8 Å². The lowest BCUT2D eigenvalue weighted by Gasteiger charge is -2.24. The number of hydrogen-bond donors (Lipinski definition) is 2. The molecule has 160 valence electrons. The van der Waals surface area contributed by atoms with Crippen LogP contribution in [0.5, 0.6) is 0 Å². The van der Waals surface area contributed by atoms with Crippen LogP contribution in [-0.4, -0.2) is 45.5 Å². The van der Waals surface area contributed by atoms with Crippen molar-refractivity contribution in [3.05, 3.63) is 76.4 Å². The van der Waals surface area contributed by atoms with Gasteiger partial charge in [-0.05, 0) is 37.1 Å². The Labute approximate surface area is 185 Å². The van der Waals surface area contributed by atoms with Gasteiger partial charge in [0.2, 0.25) is 5.91 Å². The molecule has 4 rings (SSSR count). The minimum absolute atomic E-state index is 0.160. The monoisotopic (exact) mass is 435 g/mol. The van der Waals surface area contributed by atoms with Gasteiger partial charge in [0.15, 0.2) is 0 Å². The number of benzene rings is 2. The van der Waals surface area contributed by atoms with Crippen molar-refractivity contribution in [3.8, 4) is 10.4 Å². The van der Waals surface area contributed by atoms with Gasteiger partial charge in [0.25, 0.3) is 5.91 Å². The minimum Gasteiger partial charge on any atom is -0.391 e. The lowest BCUT2D eigenvalue weighted by molar-refractivity contribution is -0.125. The van der Waals surface area contributed by atoms with Crippen molar-refractivity contribution in [2.75, 3.05) is 6.54 Å². The summed E-state index contributed by atoms with van der Waals surface area (Å²) in [6.45, 7) is 4.43. The Morgan fingerprint density at radius 1 is 1.19 bits per heavy atom. The number of nitrogens with one attached hydrogen (secondary N) is 1. The Morgan fingerprint density at radius 2 is 1.97 bits per heavy atom. The summed E-state index contributed by atoms with van der Waals surface area (Å²) in [5.74, 6) is -0.482. The normalized spacial score (nSPS) is 18.2. The number of aliphatic hydroxyl groups is 1. The maximum Gasteiger partial charge on any atom is 0.254 e. The number of carbonyl (C=O) groups is 2. The summed E-state index contributed by atoms with van der Waals surface area (Å²) in [5, 5.41) is 13.0. The smallest absolute Gasteiger partial charge is 0.254 e. The Balaban J connectivity index is 1.41. The SMILES string of the molecule is Cc1cccc(C(=O)N2C[C@H](O)C[C@H]2C(=O)NCc2ccc(-c3scnc3C)cc2)c1. The summed E-state index contributed by atoms with van der Waals surface area (Å²) in [4.78, 5) is 32.7. The van der Waals surface area contributed by atoms with Gasteiger partial charge >= 0.3 is 0 Å². The van der Waals surface area contributed by atoms with Crippen LogP contribution in [0.15, 0.2) is 54.0 Å². The van der Waals surface area contributed by atoms with Gasteiger partial charge in [0.1, 0.15) is 6.04 Å². The number of thiazole rings is 1. The van der Waals surface area contributed by atoms with Crippen LogP contribution >= 0.6 is 11.3 Å². The number of β-amino-alcohol motifs (C(OH)–C–C–N with tert-alkyl or cyclic N) is 1. The van der Waals surface area contributed by atoms with Gasteiger partial charge in [-0.1, -0.05) is 42.0 Å². The molecule has 1 aromatic heterocycles. The number of amides is 2. The molecule has 6 nitrogen and oxygen atoms in total. The number of likely N-dealkylation sites (tertiary alicyclic amines) is 1. The zero-order valence-corrected chi connectivity index (χ0v) is 18.4. The van der Waals surface area contributed by atoms with Crippen LogP contribution in [0.3, 0.4) is 0 Å². The molecular formula is C24H25N3O3S. The first-order valence-corrected chi connectivity index (χ1v) is 11.1. The fraction of sp³-hybridized carbons (Fsp3) is 0.292. The van der Waals surface area contributed by atoms with Crippen molar-refractivity contribution in [1.29, 1.82) is 0 Å². The highest BCUT2D eigenvalue weighted by Crippen LogP contribution is 2.27. The molecule has 1 aliphatic rings. The van der Waals surface area contributed by atoms with Gasteiger partial charge in [0, 0.05) is 25.1 Å². The molecule has 0 spiro atoms. The third kappa shape index (κ3) is 4.68. The fourth-order valence-electron chi connectivity index (χ4n) is 3.89. The molecule has 1 fully saturated rings. The van der Waals surface area contributed by atoms with E-state index in [2.05, 4.69) is 10.3 Å². The van der Waals surface area contributed by atoms with Crippen LogP contribution in [0.25, 0.3) is 10.4 Å². The molecule has 2 N–H and O–H groups in total. The largest absolute Gasteiger partial charge is 0.391 e. The van der Waals surface area contributed by atoms with Crippen LogP contribution in [0.4, 0.5) is 0 Å². The Hall–Kier alpha value is -3.03. The molecule has 1 saturated heterocycles. The number of aromatic nitrogens is 1. The Morgan fingerprint density at radius 3 is 2.65 bits per heavy atom. The van der Waals surface area contributed by atoms with E-state index in [0.29, 0.717) is 12.1 Å². The Kier molecular flexibility index (Phi) is 6.15. The summed E-state index contributed by atoms with van der Waals surface area (Å²) < 4.78 is 0. The first-order valence-electron chi connectivity index (χ1n) is 10.2. The Bertz CT molecular complexity index is 1090. The van der Waals surface area contributed by atoms with Gasteiger partial charge in [-0.2, -0.15) is 0 Å². The first-order chi connectivity index (χ1) is 14.9. The van der Waals surface area contributed by atoms with Gasteiger partial charge in [-0.15, -0.1) is 11.3 Å². The molecule has 2 heterocycles. The van der Waals surface area contributed by atoms with Crippen LogP contribution in [0.2, 0.25) is 0 Å². The number of aryl methyl sites for hydroxylation is 2. The summed E-state index contributed by atoms with van der Waals surface area (Å²) in [6.07, 6.45) is -0.459. The highest BCUT2D eigenvalue weighted by atomic mass is 32.1. The van der Waals surface area contributed by atoms with E-state index in [4.69, 9.17) is 0 Å². The van der Waals surface area contributed by atoms with Gasteiger partial charge in [0.05, 0.1) is 22.2 Å². The highest BCUT2D eigenvalue weighted by Gasteiger charge is 2.39. The van der Waals surface area contributed by atoms with Gasteiger partial charge < -0.3 is 15.3 Å². The molecule has 3 aromatic rings. The standard InChI is InChI=1S/C24H25N3O3S/c1-15-4-3-5-19(10-15)24(30)27-13-20(28)11-21(27)23(29)25-12-17-6-8-18(9-7-17)22-16(2)26-14-31-22/h3-10,14,20-21,28H,11-13H2,1-2H3,(H,25,29)/t20-,21+/m1/s1. The van der Waals surface area contributed by atoms with E-state index < -0.39 is 12.1 Å². The summed E-state index contributed by atoms with van der Waals surface area (Å²) in [5.41, 5.74) is 6.41. The molecule has 7 heteroatoms. The third-order valence-corrected chi connectivity index (χ3v) is 6.51. The van der Waals surface area contributed by atoms with E-state index in [-0.39, 0.29) is 24.8 Å². The quantitative estimate of drug-likeness (QED) is 0.644. The number of rotatable bonds is 5. The predicted octanol–water partition coefficient (Wildman–Crippen LogP) is 3.32. The lowest BCUT2D eigenvalue weighted by atomic mass is 10.1. The first kappa shape index (κ1) is 21.2. The van der Waals surface area contributed by atoms with E-state index in [9.17, 15) is 14.7 Å². The second kappa shape index (κ2) is 8.99. The number of hydrogen-bond acceptors (Lipinski definition) is 5. The van der Waals surface area contributed by atoms with Crippen LogP contribution in [0.1, 0.15) is 33.6 Å². The van der Waals surface area contributed by atoms with E-state index in [1.807, 2.05) is 55.8 Å². The minimum atomic E-state index is -0.702. The molecule has 1 aliphatic heterocycles. The van der Waals surface area contributed by atoms with Crippen LogP contribution in [-0.2, 0) is 11.3 Å².